The van der Waals surface area contributed by atoms with Gasteiger partial charge in [0.1, 0.15) is 0 Å². The van der Waals surface area contributed by atoms with Crippen LogP contribution in [0.1, 0.15) is 17.3 Å². The van der Waals surface area contributed by atoms with E-state index in [1.807, 2.05) is 25.1 Å². The van der Waals surface area contributed by atoms with E-state index in [0.717, 1.165) is 5.69 Å². The third kappa shape index (κ3) is 3.76. The molecule has 0 aromatic heterocycles. The number of rotatable bonds is 5. The fourth-order valence-electron chi connectivity index (χ4n) is 1.36. The average molecular weight is 250 g/mol. The number of anilines is 1. The van der Waals surface area contributed by atoms with Crippen molar-refractivity contribution < 1.29 is 14.7 Å². The second kappa shape index (κ2) is 6.05. The molecular formula is C13H18N2O3. The van der Waals surface area contributed by atoms with Gasteiger partial charge in [0.2, 0.25) is 0 Å². The Kier molecular flexibility index (Phi) is 4.71. The molecule has 1 amide bonds. The van der Waals surface area contributed by atoms with Gasteiger partial charge in [-0.2, -0.15) is 0 Å². The first kappa shape index (κ1) is 14.0. The highest BCUT2D eigenvalue weighted by Crippen LogP contribution is 2.13. The summed E-state index contributed by atoms with van der Waals surface area (Å²) in [6.45, 7) is 1.68. The molecule has 0 bridgehead atoms. The molecular weight excluding hydrogens is 232 g/mol. The van der Waals surface area contributed by atoms with Crippen LogP contribution in [0.2, 0.25) is 0 Å². The minimum absolute atomic E-state index is 0.125. The Labute approximate surface area is 106 Å². The van der Waals surface area contributed by atoms with E-state index < -0.39 is 11.9 Å². The van der Waals surface area contributed by atoms with Crippen LogP contribution in [-0.2, 0) is 4.79 Å². The van der Waals surface area contributed by atoms with E-state index in [-0.39, 0.29) is 12.5 Å². The van der Waals surface area contributed by atoms with Gasteiger partial charge < -0.3 is 15.3 Å². The van der Waals surface area contributed by atoms with Crippen LogP contribution in [0.15, 0.2) is 24.3 Å². The van der Waals surface area contributed by atoms with Gasteiger partial charge in [-0.15, -0.1) is 0 Å². The quantitative estimate of drug-likeness (QED) is 0.824. The van der Waals surface area contributed by atoms with Crippen LogP contribution in [0.3, 0.4) is 0 Å². The van der Waals surface area contributed by atoms with Gasteiger partial charge in [-0.05, 0) is 18.2 Å². The van der Waals surface area contributed by atoms with E-state index in [0.29, 0.717) is 5.56 Å². The van der Waals surface area contributed by atoms with Gasteiger partial charge >= 0.3 is 5.97 Å². The zero-order valence-electron chi connectivity index (χ0n) is 10.8. The predicted molar refractivity (Wildman–Crippen MR) is 69.9 cm³/mol. The van der Waals surface area contributed by atoms with Crippen molar-refractivity contribution >= 4 is 17.6 Å². The maximum atomic E-state index is 11.8. The van der Waals surface area contributed by atoms with E-state index >= 15 is 0 Å². The van der Waals surface area contributed by atoms with Gasteiger partial charge in [0.15, 0.2) is 0 Å². The number of hydrogen-bond acceptors (Lipinski definition) is 3. The molecule has 1 atom stereocenters. The highest BCUT2D eigenvalue weighted by Gasteiger charge is 2.13. The number of carbonyl (C=O) groups is 2. The average Bonchev–Trinajstić information content (AvgIpc) is 2.35. The number of hydrogen-bond donors (Lipinski definition) is 2. The van der Waals surface area contributed by atoms with Crippen molar-refractivity contribution in [3.63, 3.8) is 0 Å². The third-order valence-electron chi connectivity index (χ3n) is 2.62. The lowest BCUT2D eigenvalue weighted by Gasteiger charge is -2.14. The van der Waals surface area contributed by atoms with Crippen molar-refractivity contribution in [3.05, 3.63) is 29.8 Å². The zero-order chi connectivity index (χ0) is 13.7. The van der Waals surface area contributed by atoms with Gasteiger partial charge in [-0.3, -0.25) is 9.59 Å². The molecule has 18 heavy (non-hydrogen) atoms. The summed E-state index contributed by atoms with van der Waals surface area (Å²) < 4.78 is 0. The molecule has 5 heteroatoms. The third-order valence-corrected chi connectivity index (χ3v) is 2.62. The zero-order valence-corrected chi connectivity index (χ0v) is 10.8. The van der Waals surface area contributed by atoms with E-state index in [2.05, 4.69) is 5.32 Å². The normalized spacial score (nSPS) is 11.7. The molecule has 0 radical (unpaired) electrons. The van der Waals surface area contributed by atoms with Crippen molar-refractivity contribution in [3.8, 4) is 0 Å². The summed E-state index contributed by atoms with van der Waals surface area (Å²) in [6, 6.07) is 7.16. The highest BCUT2D eigenvalue weighted by molar-refractivity contribution is 5.95. The minimum Gasteiger partial charge on any atom is -0.481 e. The van der Waals surface area contributed by atoms with Gasteiger partial charge in [0.25, 0.3) is 5.91 Å². The topological polar surface area (TPSA) is 69.6 Å². The summed E-state index contributed by atoms with van der Waals surface area (Å²) in [7, 11) is 3.78. The monoisotopic (exact) mass is 250 g/mol. The Morgan fingerprint density at radius 1 is 1.39 bits per heavy atom. The number of carboxylic acid groups (broad SMARTS) is 1. The number of benzene rings is 1. The van der Waals surface area contributed by atoms with Crippen LogP contribution in [0.5, 0.6) is 0 Å². The number of carboxylic acids is 1. The first-order valence-corrected chi connectivity index (χ1v) is 5.70. The van der Waals surface area contributed by atoms with E-state index in [9.17, 15) is 9.59 Å². The maximum Gasteiger partial charge on any atom is 0.308 e. The highest BCUT2D eigenvalue weighted by atomic mass is 16.4. The van der Waals surface area contributed by atoms with Crippen molar-refractivity contribution in [1.29, 1.82) is 0 Å². The number of aliphatic carboxylic acids is 1. The molecule has 0 aliphatic rings. The van der Waals surface area contributed by atoms with Crippen molar-refractivity contribution in [2.24, 2.45) is 5.92 Å². The van der Waals surface area contributed by atoms with Gasteiger partial charge in [-0.25, -0.2) is 0 Å². The Morgan fingerprint density at radius 3 is 2.61 bits per heavy atom. The van der Waals surface area contributed by atoms with Gasteiger partial charge in [0, 0.05) is 31.9 Å². The molecule has 5 nitrogen and oxygen atoms in total. The largest absolute Gasteiger partial charge is 0.481 e. The molecule has 98 valence electrons. The van der Waals surface area contributed by atoms with Crippen LogP contribution in [0.4, 0.5) is 5.69 Å². The van der Waals surface area contributed by atoms with Crippen molar-refractivity contribution in [2.45, 2.75) is 6.92 Å². The first-order valence-electron chi connectivity index (χ1n) is 5.70. The SMILES string of the molecule is CC(CNC(=O)c1cccc(N(C)C)c1)C(=O)O. The predicted octanol–water partition coefficient (Wildman–Crippen LogP) is 1.20. The van der Waals surface area contributed by atoms with Crippen molar-refractivity contribution in [1.82, 2.24) is 5.32 Å². The summed E-state index contributed by atoms with van der Waals surface area (Å²) in [5, 5.41) is 11.3. The fraction of sp³-hybridized carbons (Fsp3) is 0.385. The lowest BCUT2D eigenvalue weighted by Crippen LogP contribution is -2.31. The molecule has 1 aromatic carbocycles. The van der Waals surface area contributed by atoms with Crippen LogP contribution in [0.25, 0.3) is 0 Å². The summed E-state index contributed by atoms with van der Waals surface area (Å²) in [5.41, 5.74) is 1.45. The Hall–Kier alpha value is -2.04. The van der Waals surface area contributed by atoms with Crippen LogP contribution in [0, 0.1) is 5.92 Å². The fourth-order valence-corrected chi connectivity index (χ4v) is 1.36. The standard InChI is InChI=1S/C13H18N2O3/c1-9(13(17)18)8-14-12(16)10-5-4-6-11(7-10)15(2)3/h4-7,9H,8H2,1-3H3,(H,14,16)(H,17,18). The van der Waals surface area contributed by atoms with Crippen LogP contribution >= 0.6 is 0 Å². The first-order chi connectivity index (χ1) is 8.41. The lowest BCUT2D eigenvalue weighted by atomic mass is 10.1. The molecule has 0 fully saturated rings. The van der Waals surface area contributed by atoms with Crippen LogP contribution < -0.4 is 10.2 Å². The molecule has 1 rings (SSSR count). The molecule has 1 aromatic rings. The lowest BCUT2D eigenvalue weighted by molar-refractivity contribution is -0.140. The van der Waals surface area contributed by atoms with Gasteiger partial charge in [-0.1, -0.05) is 13.0 Å². The Bertz CT molecular complexity index is 444. The summed E-state index contributed by atoms with van der Waals surface area (Å²) >= 11 is 0. The Balaban J connectivity index is 2.67. The molecule has 0 saturated heterocycles. The van der Waals surface area contributed by atoms with Crippen LogP contribution in [-0.4, -0.2) is 37.6 Å². The second-order valence-electron chi connectivity index (χ2n) is 4.39. The minimum atomic E-state index is -0.919. The number of nitrogens with zero attached hydrogens (tertiary/aromatic N) is 1. The summed E-state index contributed by atoms with van der Waals surface area (Å²) in [5.74, 6) is -1.77. The number of amides is 1. The molecule has 0 aliphatic carbocycles. The van der Waals surface area contributed by atoms with Crippen molar-refractivity contribution in [2.75, 3.05) is 25.5 Å². The molecule has 0 aliphatic heterocycles. The number of carbonyl (C=O) groups excluding carboxylic acids is 1. The smallest absolute Gasteiger partial charge is 0.308 e. The molecule has 0 heterocycles. The maximum absolute atomic E-state index is 11.8. The van der Waals surface area contributed by atoms with Gasteiger partial charge in [0.05, 0.1) is 5.92 Å². The summed E-state index contributed by atoms with van der Waals surface area (Å²) in [6.07, 6.45) is 0. The number of nitrogens with one attached hydrogen (secondary N) is 1. The second-order valence-corrected chi connectivity index (χ2v) is 4.39. The molecule has 0 spiro atoms. The molecule has 2 N–H and O–H groups in total. The molecule has 1 unspecified atom stereocenters. The Morgan fingerprint density at radius 2 is 2.06 bits per heavy atom. The van der Waals surface area contributed by atoms with E-state index in [1.165, 1.54) is 0 Å². The molecule has 0 saturated carbocycles. The van der Waals surface area contributed by atoms with E-state index in [1.54, 1.807) is 25.1 Å². The van der Waals surface area contributed by atoms with E-state index in [4.69, 9.17) is 5.11 Å². The summed E-state index contributed by atoms with van der Waals surface area (Å²) in [4.78, 5) is 24.4.